The molecule has 0 atom stereocenters. The molecule has 0 amide bonds. The molecule has 0 saturated carbocycles. The van der Waals surface area contributed by atoms with Crippen molar-refractivity contribution in [2.24, 2.45) is 0 Å². The molecule has 3 rings (SSSR count). The molecular formula is C12H13N3O3. The van der Waals surface area contributed by atoms with Crippen molar-refractivity contribution < 1.29 is 14.6 Å². The lowest BCUT2D eigenvalue weighted by molar-refractivity contribution is 0.0692. The molecule has 1 fully saturated rings. The number of pyridine rings is 1. The van der Waals surface area contributed by atoms with Crippen molar-refractivity contribution in [3.8, 4) is 5.75 Å². The Morgan fingerprint density at radius 1 is 1.61 bits per heavy atom. The summed E-state index contributed by atoms with van der Waals surface area (Å²) in [5, 5.41) is 12.4. The van der Waals surface area contributed by atoms with Crippen LogP contribution in [-0.4, -0.2) is 40.7 Å². The standard InChI is InChI=1S/C12H13N3O3/c1-18-8-3-2-4-15-10(8)9(12(16)17)14-11(15)7-5-13-6-7/h2-4,7,13H,5-6H2,1H3,(H,16,17). The molecule has 6 heteroatoms. The lowest BCUT2D eigenvalue weighted by Crippen LogP contribution is -2.40. The van der Waals surface area contributed by atoms with E-state index in [4.69, 9.17) is 4.74 Å². The van der Waals surface area contributed by atoms with Crippen LogP contribution in [0.5, 0.6) is 5.75 Å². The number of carboxylic acid groups (broad SMARTS) is 1. The zero-order valence-corrected chi connectivity index (χ0v) is 9.88. The topological polar surface area (TPSA) is 75.9 Å². The highest BCUT2D eigenvalue weighted by atomic mass is 16.5. The number of hydrogen-bond acceptors (Lipinski definition) is 4. The Morgan fingerprint density at radius 3 is 2.94 bits per heavy atom. The van der Waals surface area contributed by atoms with Crippen molar-refractivity contribution in [1.82, 2.24) is 14.7 Å². The number of nitrogens with one attached hydrogen (secondary N) is 1. The summed E-state index contributed by atoms with van der Waals surface area (Å²) in [4.78, 5) is 15.5. The maximum absolute atomic E-state index is 11.3. The number of carbonyl (C=O) groups is 1. The molecule has 1 saturated heterocycles. The summed E-state index contributed by atoms with van der Waals surface area (Å²) in [5.41, 5.74) is 0.573. The van der Waals surface area contributed by atoms with Crippen LogP contribution in [-0.2, 0) is 0 Å². The van der Waals surface area contributed by atoms with Crippen molar-refractivity contribution in [3.05, 3.63) is 29.8 Å². The van der Waals surface area contributed by atoms with Crippen molar-refractivity contribution in [2.75, 3.05) is 20.2 Å². The molecule has 2 aromatic heterocycles. The van der Waals surface area contributed by atoms with Crippen LogP contribution in [0.15, 0.2) is 18.3 Å². The number of ether oxygens (including phenoxy) is 1. The van der Waals surface area contributed by atoms with Gasteiger partial charge in [0.15, 0.2) is 5.69 Å². The SMILES string of the molecule is COc1cccn2c(C3CNC3)nc(C(=O)O)c12. The van der Waals surface area contributed by atoms with Gasteiger partial charge >= 0.3 is 5.97 Å². The molecule has 0 aliphatic carbocycles. The quantitative estimate of drug-likeness (QED) is 0.836. The second-order valence-electron chi connectivity index (χ2n) is 4.27. The van der Waals surface area contributed by atoms with Gasteiger partial charge in [-0.2, -0.15) is 0 Å². The molecule has 18 heavy (non-hydrogen) atoms. The van der Waals surface area contributed by atoms with Gasteiger partial charge in [-0.3, -0.25) is 4.40 Å². The van der Waals surface area contributed by atoms with E-state index in [9.17, 15) is 9.90 Å². The zero-order chi connectivity index (χ0) is 12.7. The molecule has 2 N–H and O–H groups in total. The fourth-order valence-corrected chi connectivity index (χ4v) is 2.20. The third-order valence-corrected chi connectivity index (χ3v) is 3.22. The van der Waals surface area contributed by atoms with E-state index in [0.717, 1.165) is 18.9 Å². The Kier molecular flexibility index (Phi) is 2.45. The highest BCUT2D eigenvalue weighted by molar-refractivity contribution is 5.95. The number of methoxy groups -OCH3 is 1. The average molecular weight is 247 g/mol. The van der Waals surface area contributed by atoms with Crippen LogP contribution in [0.2, 0.25) is 0 Å². The summed E-state index contributed by atoms with van der Waals surface area (Å²) in [5.74, 6) is 0.536. The molecule has 2 aromatic rings. The van der Waals surface area contributed by atoms with Crippen molar-refractivity contribution >= 4 is 11.5 Å². The Labute approximate surface area is 103 Å². The van der Waals surface area contributed by atoms with E-state index >= 15 is 0 Å². The van der Waals surface area contributed by atoms with Crippen LogP contribution in [0.1, 0.15) is 22.2 Å². The number of aromatic nitrogens is 2. The Morgan fingerprint density at radius 2 is 2.39 bits per heavy atom. The Hall–Kier alpha value is -2.08. The van der Waals surface area contributed by atoms with Gasteiger partial charge < -0.3 is 15.2 Å². The van der Waals surface area contributed by atoms with Gasteiger partial charge in [0.1, 0.15) is 17.1 Å². The molecule has 94 valence electrons. The van der Waals surface area contributed by atoms with E-state index in [-0.39, 0.29) is 11.6 Å². The second-order valence-corrected chi connectivity index (χ2v) is 4.27. The molecule has 1 aliphatic rings. The summed E-state index contributed by atoms with van der Waals surface area (Å²) in [6, 6.07) is 3.57. The van der Waals surface area contributed by atoms with Crippen LogP contribution in [0.4, 0.5) is 0 Å². The van der Waals surface area contributed by atoms with Gasteiger partial charge in [-0.05, 0) is 12.1 Å². The lowest BCUT2D eigenvalue weighted by Gasteiger charge is -2.25. The van der Waals surface area contributed by atoms with E-state index in [0.29, 0.717) is 11.3 Å². The molecular weight excluding hydrogens is 234 g/mol. The van der Waals surface area contributed by atoms with Crippen LogP contribution in [0.3, 0.4) is 0 Å². The van der Waals surface area contributed by atoms with Crippen molar-refractivity contribution in [3.63, 3.8) is 0 Å². The molecule has 0 unspecified atom stereocenters. The fourth-order valence-electron chi connectivity index (χ4n) is 2.20. The summed E-state index contributed by atoms with van der Waals surface area (Å²) in [6.07, 6.45) is 1.82. The van der Waals surface area contributed by atoms with Gasteiger partial charge in [0.25, 0.3) is 0 Å². The monoisotopic (exact) mass is 247 g/mol. The first kappa shape index (κ1) is 11.0. The van der Waals surface area contributed by atoms with E-state index in [2.05, 4.69) is 10.3 Å². The minimum absolute atomic E-state index is 0.0503. The van der Waals surface area contributed by atoms with Gasteiger partial charge in [0, 0.05) is 25.2 Å². The van der Waals surface area contributed by atoms with Crippen molar-refractivity contribution in [2.45, 2.75) is 5.92 Å². The third kappa shape index (κ3) is 1.46. The first-order valence-corrected chi connectivity index (χ1v) is 5.71. The molecule has 1 aliphatic heterocycles. The van der Waals surface area contributed by atoms with E-state index < -0.39 is 5.97 Å². The van der Waals surface area contributed by atoms with Crippen LogP contribution in [0, 0.1) is 0 Å². The largest absolute Gasteiger partial charge is 0.494 e. The lowest BCUT2D eigenvalue weighted by atomic mass is 10.0. The first-order valence-electron chi connectivity index (χ1n) is 5.71. The Bertz CT molecular complexity index is 616. The summed E-state index contributed by atoms with van der Waals surface area (Å²) >= 11 is 0. The van der Waals surface area contributed by atoms with Gasteiger partial charge in [-0.15, -0.1) is 0 Å². The molecule has 6 nitrogen and oxygen atoms in total. The predicted molar refractivity (Wildman–Crippen MR) is 64.3 cm³/mol. The molecule has 3 heterocycles. The Balaban J connectivity index is 2.29. The highest BCUT2D eigenvalue weighted by Gasteiger charge is 2.28. The first-order chi connectivity index (χ1) is 8.72. The van der Waals surface area contributed by atoms with Gasteiger partial charge in [-0.1, -0.05) is 0 Å². The van der Waals surface area contributed by atoms with Gasteiger partial charge in [-0.25, -0.2) is 9.78 Å². The van der Waals surface area contributed by atoms with Crippen LogP contribution < -0.4 is 10.1 Å². The number of aromatic carboxylic acids is 1. The number of nitrogens with zero attached hydrogens (tertiary/aromatic N) is 2. The maximum Gasteiger partial charge on any atom is 0.356 e. The van der Waals surface area contributed by atoms with Crippen molar-refractivity contribution in [1.29, 1.82) is 0 Å². The third-order valence-electron chi connectivity index (χ3n) is 3.22. The zero-order valence-electron chi connectivity index (χ0n) is 9.88. The number of rotatable bonds is 3. The normalized spacial score (nSPS) is 15.6. The molecule has 0 aromatic carbocycles. The number of hydrogen-bond donors (Lipinski definition) is 2. The van der Waals surface area contributed by atoms with Crippen LogP contribution >= 0.6 is 0 Å². The molecule has 0 radical (unpaired) electrons. The van der Waals surface area contributed by atoms with E-state index in [1.165, 1.54) is 7.11 Å². The molecule has 0 spiro atoms. The molecule has 0 bridgehead atoms. The summed E-state index contributed by atoms with van der Waals surface area (Å²) in [7, 11) is 1.53. The van der Waals surface area contributed by atoms with Crippen LogP contribution in [0.25, 0.3) is 5.52 Å². The van der Waals surface area contributed by atoms with E-state index in [1.54, 1.807) is 6.07 Å². The highest BCUT2D eigenvalue weighted by Crippen LogP contribution is 2.28. The maximum atomic E-state index is 11.3. The van der Waals surface area contributed by atoms with Gasteiger partial charge in [0.2, 0.25) is 0 Å². The summed E-state index contributed by atoms with van der Waals surface area (Å²) in [6.45, 7) is 1.66. The van der Waals surface area contributed by atoms with Gasteiger partial charge in [0.05, 0.1) is 7.11 Å². The number of fused-ring (bicyclic) bond motifs is 1. The van der Waals surface area contributed by atoms with E-state index in [1.807, 2.05) is 16.7 Å². The average Bonchev–Trinajstić information content (AvgIpc) is 2.67. The second kappa shape index (κ2) is 3.99. The smallest absolute Gasteiger partial charge is 0.356 e. The predicted octanol–water partition coefficient (Wildman–Crippen LogP) is 0.728. The number of imidazole rings is 1. The fraction of sp³-hybridized carbons (Fsp3) is 0.333. The number of carboxylic acids is 1. The minimum atomic E-state index is -1.03. The summed E-state index contributed by atoms with van der Waals surface area (Å²) < 4.78 is 7.04. The minimum Gasteiger partial charge on any atom is -0.494 e.